The first-order valence-corrected chi connectivity index (χ1v) is 12.8. The van der Waals surface area contributed by atoms with Gasteiger partial charge in [-0.05, 0) is 36.6 Å². The van der Waals surface area contributed by atoms with Gasteiger partial charge in [0.15, 0.2) is 5.69 Å². The second-order valence-corrected chi connectivity index (χ2v) is 10.3. The van der Waals surface area contributed by atoms with E-state index < -0.39 is 6.04 Å². The number of carbonyl (C=O) groups excluding carboxylic acids is 1. The summed E-state index contributed by atoms with van der Waals surface area (Å²) >= 11 is 0. The van der Waals surface area contributed by atoms with Crippen LogP contribution in [0.2, 0.25) is 0 Å². The summed E-state index contributed by atoms with van der Waals surface area (Å²) in [6.45, 7) is 5.80. The van der Waals surface area contributed by atoms with E-state index in [0.29, 0.717) is 40.0 Å². The Balaban J connectivity index is 1.78. The number of nitriles is 1. The minimum Gasteiger partial charge on any atom is -0.479 e. The highest BCUT2D eigenvalue weighted by molar-refractivity contribution is 6.10. The molecule has 1 atom stereocenters. The minimum absolute atomic E-state index is 0.0509. The molecule has 4 heterocycles. The maximum atomic E-state index is 14.2. The molecule has 0 saturated heterocycles. The highest BCUT2D eigenvalue weighted by Crippen LogP contribution is 2.45. The molecule has 0 bridgehead atoms. The number of fused-ring (bicyclic) bond motifs is 1. The van der Waals surface area contributed by atoms with Gasteiger partial charge in [0.05, 0.1) is 42.4 Å². The second-order valence-electron chi connectivity index (χ2n) is 10.3. The predicted molar refractivity (Wildman–Crippen MR) is 150 cm³/mol. The lowest BCUT2D eigenvalue weighted by atomic mass is 9.94. The Morgan fingerprint density at radius 3 is 2.42 bits per heavy atom. The molecule has 4 aromatic rings. The molecule has 0 fully saturated rings. The van der Waals surface area contributed by atoms with Gasteiger partial charge in [-0.1, -0.05) is 26.0 Å². The molecule has 5 rings (SSSR count). The zero-order chi connectivity index (χ0) is 28.9. The van der Waals surface area contributed by atoms with Crippen molar-refractivity contribution >= 4 is 17.5 Å². The molecular weight excluding hydrogens is 508 g/mol. The van der Waals surface area contributed by atoms with Gasteiger partial charge >= 0.3 is 0 Å². The maximum absolute atomic E-state index is 14.2. The van der Waals surface area contributed by atoms with Crippen LogP contribution in [0.1, 0.15) is 64.2 Å². The van der Waals surface area contributed by atoms with Gasteiger partial charge in [0.1, 0.15) is 5.69 Å². The van der Waals surface area contributed by atoms with Crippen LogP contribution in [0.4, 0.5) is 11.6 Å². The molecule has 3 aromatic heterocycles. The standard InChI is InChI=1S/C29H30N8O3/c1-16(2)24-22-23(33-37(24)21-14-31-29(34(4)5)32-26(21)40-7)28(39)36(20-12-17(3)27(38)35(6)15-20)25(22)19-10-8-18(13-30)9-11-19/h8-12,14-16,25H,1-7H3/t25-/m1/s1. The maximum Gasteiger partial charge on any atom is 0.280 e. The first-order valence-electron chi connectivity index (χ1n) is 12.8. The number of rotatable bonds is 6. The third-order valence-corrected chi connectivity index (χ3v) is 6.99. The van der Waals surface area contributed by atoms with E-state index in [4.69, 9.17) is 9.84 Å². The van der Waals surface area contributed by atoms with E-state index >= 15 is 0 Å². The molecule has 1 aromatic carbocycles. The average molecular weight is 539 g/mol. The van der Waals surface area contributed by atoms with Crippen LogP contribution >= 0.6 is 0 Å². The lowest BCUT2D eigenvalue weighted by Crippen LogP contribution is -2.32. The number of ether oxygens (including phenoxy) is 1. The topological polar surface area (TPSA) is 122 Å². The fourth-order valence-electron chi connectivity index (χ4n) is 5.14. The van der Waals surface area contributed by atoms with Gasteiger partial charge < -0.3 is 14.2 Å². The highest BCUT2D eigenvalue weighted by Gasteiger charge is 2.45. The smallest absolute Gasteiger partial charge is 0.280 e. The zero-order valence-electron chi connectivity index (χ0n) is 23.5. The average Bonchev–Trinajstić information content (AvgIpc) is 3.46. The number of hydrogen-bond donors (Lipinski definition) is 0. The Kier molecular flexibility index (Phi) is 6.63. The summed E-state index contributed by atoms with van der Waals surface area (Å²) in [5, 5.41) is 14.2. The number of anilines is 2. The van der Waals surface area contributed by atoms with Gasteiger partial charge in [-0.15, -0.1) is 0 Å². The Morgan fingerprint density at radius 2 is 1.85 bits per heavy atom. The number of pyridine rings is 1. The SMILES string of the molecule is COc1nc(N(C)C)ncc1-n1nc2c(c1C(C)C)[C@@H](c1ccc(C#N)cc1)N(c1cc(C)c(=O)n(C)c1)C2=O. The van der Waals surface area contributed by atoms with Crippen LogP contribution in [0, 0.1) is 18.3 Å². The van der Waals surface area contributed by atoms with Crippen molar-refractivity contribution in [1.82, 2.24) is 24.3 Å². The Labute approximate surface area is 231 Å². The van der Waals surface area contributed by atoms with Gasteiger partial charge in [-0.2, -0.15) is 15.3 Å². The van der Waals surface area contributed by atoms with Gasteiger partial charge in [-0.25, -0.2) is 9.67 Å². The van der Waals surface area contributed by atoms with Crippen LogP contribution in [-0.4, -0.2) is 51.4 Å². The van der Waals surface area contributed by atoms with E-state index in [1.165, 1.54) is 11.7 Å². The summed E-state index contributed by atoms with van der Waals surface area (Å²) in [6.07, 6.45) is 3.31. The van der Waals surface area contributed by atoms with Crippen molar-refractivity contribution in [3.63, 3.8) is 0 Å². The van der Waals surface area contributed by atoms with Crippen LogP contribution in [0.15, 0.2) is 47.5 Å². The summed E-state index contributed by atoms with van der Waals surface area (Å²) in [4.78, 5) is 39.1. The first-order chi connectivity index (χ1) is 19.1. The third kappa shape index (κ3) is 4.18. The summed E-state index contributed by atoms with van der Waals surface area (Å²) < 4.78 is 8.80. The number of methoxy groups -OCH3 is 1. The molecule has 1 aliphatic heterocycles. The summed E-state index contributed by atoms with van der Waals surface area (Å²) in [6, 6.07) is 10.5. The monoisotopic (exact) mass is 538 g/mol. The second kappa shape index (κ2) is 9.96. The number of aryl methyl sites for hydroxylation is 2. The molecule has 0 saturated carbocycles. The van der Waals surface area contributed by atoms with E-state index in [1.807, 2.05) is 40.1 Å². The lowest BCUT2D eigenvalue weighted by Gasteiger charge is -2.28. The molecule has 204 valence electrons. The molecule has 11 nitrogen and oxygen atoms in total. The van der Waals surface area contributed by atoms with Crippen molar-refractivity contribution in [3.05, 3.63) is 86.7 Å². The van der Waals surface area contributed by atoms with E-state index in [9.17, 15) is 14.9 Å². The van der Waals surface area contributed by atoms with Crippen LogP contribution in [0.5, 0.6) is 5.88 Å². The quantitative estimate of drug-likeness (QED) is 0.366. The summed E-state index contributed by atoms with van der Waals surface area (Å²) in [7, 11) is 6.88. The Morgan fingerprint density at radius 1 is 1.15 bits per heavy atom. The van der Waals surface area contributed by atoms with Crippen molar-refractivity contribution in [2.45, 2.75) is 32.7 Å². The predicted octanol–water partition coefficient (Wildman–Crippen LogP) is 3.49. The van der Waals surface area contributed by atoms with Gasteiger partial charge in [0.2, 0.25) is 11.8 Å². The summed E-state index contributed by atoms with van der Waals surface area (Å²) in [5.74, 6) is 0.460. The van der Waals surface area contributed by atoms with Crippen molar-refractivity contribution in [1.29, 1.82) is 5.26 Å². The van der Waals surface area contributed by atoms with Crippen molar-refractivity contribution in [2.24, 2.45) is 7.05 Å². The molecule has 11 heteroatoms. The Bertz CT molecular complexity index is 1700. The fourth-order valence-corrected chi connectivity index (χ4v) is 5.14. The number of carbonyl (C=O) groups is 1. The number of nitrogens with zero attached hydrogens (tertiary/aromatic N) is 8. The van der Waals surface area contributed by atoms with Gasteiger partial charge in [0.25, 0.3) is 11.5 Å². The molecule has 0 radical (unpaired) electrons. The van der Waals surface area contributed by atoms with E-state index in [2.05, 4.69) is 16.0 Å². The molecule has 0 N–H and O–H groups in total. The molecule has 40 heavy (non-hydrogen) atoms. The molecule has 0 unspecified atom stereocenters. The van der Waals surface area contributed by atoms with Crippen molar-refractivity contribution in [2.75, 3.05) is 31.0 Å². The van der Waals surface area contributed by atoms with E-state index in [0.717, 1.165) is 16.8 Å². The molecule has 1 aliphatic rings. The highest BCUT2D eigenvalue weighted by atomic mass is 16.5. The minimum atomic E-state index is -0.550. The fraction of sp³-hybridized carbons (Fsp3) is 0.310. The van der Waals surface area contributed by atoms with Gasteiger partial charge in [0, 0.05) is 38.5 Å². The molecule has 0 spiro atoms. The van der Waals surface area contributed by atoms with Gasteiger partial charge in [-0.3, -0.25) is 14.5 Å². The van der Waals surface area contributed by atoms with Crippen LogP contribution < -0.4 is 20.1 Å². The normalized spacial score (nSPS) is 14.4. The summed E-state index contributed by atoms with van der Waals surface area (Å²) in [5.41, 5.74) is 4.65. The van der Waals surface area contributed by atoms with Crippen LogP contribution in [0.3, 0.4) is 0 Å². The van der Waals surface area contributed by atoms with Crippen LogP contribution in [0.25, 0.3) is 5.69 Å². The van der Waals surface area contributed by atoms with E-state index in [1.54, 1.807) is 59.0 Å². The van der Waals surface area contributed by atoms with Crippen molar-refractivity contribution < 1.29 is 9.53 Å². The Hall–Kier alpha value is -4.98. The lowest BCUT2D eigenvalue weighted by molar-refractivity contribution is 0.0988. The molecular formula is C29H30N8O3. The third-order valence-electron chi connectivity index (χ3n) is 6.99. The molecule has 0 aliphatic carbocycles. The van der Waals surface area contributed by atoms with E-state index in [-0.39, 0.29) is 17.4 Å². The van der Waals surface area contributed by atoms with Crippen molar-refractivity contribution in [3.8, 4) is 17.6 Å². The largest absolute Gasteiger partial charge is 0.479 e. The first kappa shape index (κ1) is 26.6. The number of benzene rings is 1. The van der Waals surface area contributed by atoms with Crippen LogP contribution in [-0.2, 0) is 7.05 Å². The zero-order valence-corrected chi connectivity index (χ0v) is 23.5. The number of hydrogen-bond acceptors (Lipinski definition) is 8. The molecule has 1 amide bonds. The number of amides is 1. The number of aromatic nitrogens is 5.